The second-order valence-electron chi connectivity index (χ2n) is 6.72. The fourth-order valence-electron chi connectivity index (χ4n) is 3.69. The summed E-state index contributed by atoms with van der Waals surface area (Å²) in [6.07, 6.45) is 3.37. The lowest BCUT2D eigenvalue weighted by molar-refractivity contribution is -0.118. The molecule has 148 valence electrons. The van der Waals surface area contributed by atoms with Crippen LogP contribution in [0.4, 0.5) is 5.69 Å². The number of hydrogen-bond donors (Lipinski definition) is 0. The van der Waals surface area contributed by atoms with Gasteiger partial charge in [-0.05, 0) is 19.1 Å². The number of aromatic nitrogens is 3. The lowest BCUT2D eigenvalue weighted by Gasteiger charge is -2.31. The molecule has 1 fully saturated rings. The van der Waals surface area contributed by atoms with E-state index < -0.39 is 6.04 Å². The molecule has 0 N–H and O–H groups in total. The number of carbonyl (C=O) groups excluding carboxylic acids is 1. The van der Waals surface area contributed by atoms with Crippen molar-refractivity contribution < 1.29 is 4.79 Å². The maximum atomic E-state index is 12.9. The monoisotopic (exact) mass is 382 g/mol. The molecule has 4 rings (SSSR count). The van der Waals surface area contributed by atoms with Crippen molar-refractivity contribution in [1.82, 2.24) is 19.7 Å². The van der Waals surface area contributed by atoms with Gasteiger partial charge in [-0.1, -0.05) is 31.7 Å². The van der Waals surface area contributed by atoms with Crippen molar-refractivity contribution in [1.29, 1.82) is 0 Å². The minimum Gasteiger partial charge on any atom is -0.368 e. The van der Waals surface area contributed by atoms with Crippen LogP contribution in [-0.4, -0.2) is 44.7 Å². The van der Waals surface area contributed by atoms with Crippen molar-refractivity contribution in [3.05, 3.63) is 59.2 Å². The molecule has 2 aromatic heterocycles. The molecule has 1 saturated heterocycles. The number of hydrogen-bond acceptors (Lipinski definition) is 6. The lowest BCUT2D eigenvalue weighted by atomic mass is 9.99. The van der Waals surface area contributed by atoms with Crippen LogP contribution in [0.3, 0.4) is 0 Å². The summed E-state index contributed by atoms with van der Waals surface area (Å²) >= 11 is 0. The number of fused-ring (bicyclic) bond motifs is 1. The van der Waals surface area contributed by atoms with Crippen molar-refractivity contribution in [2.45, 2.75) is 45.8 Å². The molecule has 28 heavy (non-hydrogen) atoms. The SMILES string of the molecule is C=C(C)N1CCn2ncc(N3CC(c4ccccn4)C(N=O)C3=O)c2C1.CC. The second-order valence-corrected chi connectivity index (χ2v) is 6.72. The number of nitrogens with zero attached hydrogens (tertiary/aromatic N) is 6. The molecule has 2 atom stereocenters. The molecule has 0 spiro atoms. The Morgan fingerprint density at radius 1 is 1.29 bits per heavy atom. The third kappa shape index (κ3) is 3.42. The quantitative estimate of drug-likeness (QED) is 0.759. The van der Waals surface area contributed by atoms with Gasteiger partial charge in [0.15, 0.2) is 6.04 Å². The van der Waals surface area contributed by atoms with E-state index >= 15 is 0 Å². The average Bonchev–Trinajstić information content (AvgIpc) is 3.30. The molecular formula is C20H26N6O2. The van der Waals surface area contributed by atoms with E-state index in [4.69, 9.17) is 0 Å². The van der Waals surface area contributed by atoms with Crippen molar-refractivity contribution >= 4 is 11.6 Å². The maximum Gasteiger partial charge on any atom is 0.256 e. The van der Waals surface area contributed by atoms with Crippen LogP contribution in [0.2, 0.25) is 0 Å². The third-order valence-electron chi connectivity index (χ3n) is 5.14. The topological polar surface area (TPSA) is 83.7 Å². The van der Waals surface area contributed by atoms with Crippen LogP contribution in [-0.2, 0) is 17.9 Å². The van der Waals surface area contributed by atoms with Crippen LogP contribution >= 0.6 is 0 Å². The Hall–Kier alpha value is -3.03. The van der Waals surface area contributed by atoms with Gasteiger partial charge in [0, 0.05) is 30.7 Å². The van der Waals surface area contributed by atoms with Crippen LogP contribution in [0, 0.1) is 4.91 Å². The van der Waals surface area contributed by atoms with Gasteiger partial charge in [0.05, 0.1) is 36.6 Å². The summed E-state index contributed by atoms with van der Waals surface area (Å²) in [5.41, 5.74) is 3.39. The zero-order valence-corrected chi connectivity index (χ0v) is 16.6. The molecule has 2 aliphatic rings. The molecule has 1 amide bonds. The first kappa shape index (κ1) is 19.7. The molecule has 2 aromatic rings. The van der Waals surface area contributed by atoms with E-state index in [2.05, 4.69) is 26.7 Å². The van der Waals surface area contributed by atoms with Gasteiger partial charge in [-0.25, -0.2) is 0 Å². The van der Waals surface area contributed by atoms with E-state index in [-0.39, 0.29) is 11.8 Å². The smallest absolute Gasteiger partial charge is 0.256 e. The summed E-state index contributed by atoms with van der Waals surface area (Å²) in [5, 5.41) is 7.53. The van der Waals surface area contributed by atoms with E-state index in [0.717, 1.165) is 30.2 Å². The summed E-state index contributed by atoms with van der Waals surface area (Å²) in [6.45, 7) is 12.6. The van der Waals surface area contributed by atoms with Gasteiger partial charge in [-0.3, -0.25) is 14.5 Å². The molecule has 8 heteroatoms. The number of allylic oxidation sites excluding steroid dienone is 1. The van der Waals surface area contributed by atoms with E-state index in [1.54, 1.807) is 17.3 Å². The third-order valence-corrected chi connectivity index (χ3v) is 5.14. The zero-order valence-electron chi connectivity index (χ0n) is 16.6. The molecule has 0 bridgehead atoms. The van der Waals surface area contributed by atoms with Gasteiger partial charge < -0.3 is 9.80 Å². The number of pyridine rings is 1. The summed E-state index contributed by atoms with van der Waals surface area (Å²) in [5.74, 6) is -0.642. The molecule has 0 aromatic carbocycles. The Kier molecular flexibility index (Phi) is 5.87. The summed E-state index contributed by atoms with van der Waals surface area (Å²) < 4.78 is 1.92. The van der Waals surface area contributed by atoms with Gasteiger partial charge in [0.2, 0.25) is 0 Å². The second kappa shape index (κ2) is 8.33. The molecule has 0 saturated carbocycles. The van der Waals surface area contributed by atoms with Crippen LogP contribution < -0.4 is 4.90 Å². The Balaban J connectivity index is 0.00000109. The van der Waals surface area contributed by atoms with Crippen LogP contribution in [0.1, 0.15) is 38.1 Å². The number of nitroso groups, excluding NO2 is 1. The van der Waals surface area contributed by atoms with Gasteiger partial charge in [-0.15, -0.1) is 4.91 Å². The summed E-state index contributed by atoms with van der Waals surface area (Å²) in [7, 11) is 0. The Morgan fingerprint density at radius 3 is 2.71 bits per heavy atom. The minimum absolute atomic E-state index is 0.293. The zero-order chi connectivity index (χ0) is 20.3. The highest BCUT2D eigenvalue weighted by molar-refractivity contribution is 6.01. The maximum absolute atomic E-state index is 12.9. The van der Waals surface area contributed by atoms with Crippen LogP contribution in [0.25, 0.3) is 0 Å². The molecule has 2 unspecified atom stereocenters. The molecule has 0 aliphatic carbocycles. The normalized spacial score (nSPS) is 21.0. The van der Waals surface area contributed by atoms with E-state index in [0.29, 0.717) is 18.8 Å². The first-order valence-corrected chi connectivity index (χ1v) is 9.60. The average molecular weight is 382 g/mol. The van der Waals surface area contributed by atoms with E-state index in [1.165, 1.54) is 0 Å². The standard InChI is InChI=1S/C18H20N6O2.C2H6/c1-12(2)22-7-8-24-16(11-22)15(9-20-24)23-10-13(17(21-26)18(23)25)14-5-3-4-6-19-14;1-2/h3-6,9,13,17H,1,7-8,10-11H2,2H3;1-2H3. The van der Waals surface area contributed by atoms with Gasteiger partial charge in [0.1, 0.15) is 0 Å². The largest absolute Gasteiger partial charge is 0.368 e. The molecular weight excluding hydrogens is 356 g/mol. The van der Waals surface area contributed by atoms with Gasteiger partial charge in [-0.2, -0.15) is 5.10 Å². The molecule has 8 nitrogen and oxygen atoms in total. The van der Waals surface area contributed by atoms with E-state index in [1.807, 2.05) is 43.7 Å². The van der Waals surface area contributed by atoms with Crippen molar-refractivity contribution in [2.75, 3.05) is 18.0 Å². The van der Waals surface area contributed by atoms with Crippen molar-refractivity contribution in [3.63, 3.8) is 0 Å². The van der Waals surface area contributed by atoms with Gasteiger partial charge in [0.25, 0.3) is 5.91 Å². The first-order valence-electron chi connectivity index (χ1n) is 9.60. The predicted octanol–water partition coefficient (Wildman–Crippen LogP) is 2.92. The highest BCUT2D eigenvalue weighted by atomic mass is 16.3. The molecule has 2 aliphatic heterocycles. The number of amides is 1. The number of carbonyl (C=O) groups is 1. The van der Waals surface area contributed by atoms with Crippen LogP contribution in [0.15, 0.2) is 48.0 Å². The molecule has 0 radical (unpaired) electrons. The van der Waals surface area contributed by atoms with Crippen molar-refractivity contribution in [3.8, 4) is 0 Å². The van der Waals surface area contributed by atoms with E-state index in [9.17, 15) is 9.70 Å². The number of rotatable bonds is 4. The predicted molar refractivity (Wildman–Crippen MR) is 108 cm³/mol. The highest BCUT2D eigenvalue weighted by Crippen LogP contribution is 2.35. The lowest BCUT2D eigenvalue weighted by Crippen LogP contribution is -2.35. The fraction of sp³-hybridized carbons (Fsp3) is 0.450. The molecule has 4 heterocycles. The summed E-state index contributed by atoms with van der Waals surface area (Å²) in [6, 6.07) is 4.53. The first-order chi connectivity index (χ1) is 13.6. The fourth-order valence-corrected chi connectivity index (χ4v) is 3.69. The Bertz CT molecular complexity index is 863. The van der Waals surface area contributed by atoms with Gasteiger partial charge >= 0.3 is 0 Å². The Labute approximate surface area is 164 Å². The minimum atomic E-state index is -0.957. The Morgan fingerprint density at radius 2 is 2.07 bits per heavy atom. The van der Waals surface area contributed by atoms with Crippen molar-refractivity contribution in [2.24, 2.45) is 5.18 Å². The van der Waals surface area contributed by atoms with Crippen LogP contribution in [0.5, 0.6) is 0 Å². The summed E-state index contributed by atoms with van der Waals surface area (Å²) in [4.78, 5) is 32.3. The highest BCUT2D eigenvalue weighted by Gasteiger charge is 2.45. The number of anilines is 1.